The lowest BCUT2D eigenvalue weighted by molar-refractivity contribution is -0.143. The highest BCUT2D eigenvalue weighted by Crippen LogP contribution is 2.37. The highest BCUT2D eigenvalue weighted by atomic mass is 35.5. The number of ether oxygens (including phenoxy) is 2. The van der Waals surface area contributed by atoms with Crippen molar-refractivity contribution < 1.29 is 18.7 Å². The second kappa shape index (κ2) is 9.64. The first-order valence-electron chi connectivity index (χ1n) is 11.2. The van der Waals surface area contributed by atoms with Crippen LogP contribution in [0.25, 0.3) is 10.9 Å². The Morgan fingerprint density at radius 3 is 2.86 bits per heavy atom. The fourth-order valence-corrected chi connectivity index (χ4v) is 4.98. The Morgan fingerprint density at radius 1 is 1.23 bits per heavy atom. The molecule has 0 aliphatic carbocycles. The molecule has 0 spiro atoms. The zero-order valence-corrected chi connectivity index (χ0v) is 20.7. The molecule has 2 aliphatic heterocycles. The number of hydrogen-bond donors (Lipinski definition) is 1. The summed E-state index contributed by atoms with van der Waals surface area (Å²) < 4.78 is 26.3. The molecule has 1 amide bonds. The van der Waals surface area contributed by atoms with Crippen LogP contribution >= 0.6 is 23.2 Å². The maximum atomic E-state index is 14.6. The lowest BCUT2D eigenvalue weighted by Crippen LogP contribution is -2.59. The number of carbonyl (C=O) groups is 1. The van der Waals surface area contributed by atoms with Gasteiger partial charge in [-0.15, -0.1) is 0 Å². The highest BCUT2D eigenvalue weighted by Gasteiger charge is 2.41. The van der Waals surface area contributed by atoms with Gasteiger partial charge in [-0.2, -0.15) is 0 Å². The van der Waals surface area contributed by atoms with Gasteiger partial charge in [0.15, 0.2) is 17.3 Å². The van der Waals surface area contributed by atoms with Crippen LogP contribution < -0.4 is 14.8 Å². The summed E-state index contributed by atoms with van der Waals surface area (Å²) in [5.74, 6) is 0.799. The first-order valence-corrected chi connectivity index (χ1v) is 12.0. The monoisotopic (exact) mass is 519 g/mol. The van der Waals surface area contributed by atoms with Crippen LogP contribution in [0, 0.1) is 5.82 Å². The molecule has 2 aliphatic rings. The summed E-state index contributed by atoms with van der Waals surface area (Å²) in [5, 5.41) is 3.51. The molecule has 2 saturated heterocycles. The van der Waals surface area contributed by atoms with E-state index in [0.29, 0.717) is 34.8 Å². The number of piperazine rings is 1. The standard InChI is InChI=1S/C24H24Cl2FN5O3/c1-31-13(10-32-7-3-4-18(32)24(31)33)11-35-20-9-17-14(8-19(20)34-2)23(29-12-28-17)30-16-6-5-15(25)21(26)22(16)27/h5-6,8-9,12-13,18H,3-4,7,10-11H2,1-2H3,(H,28,29,30)/t13-,18-/m0/s1. The Kier molecular flexibility index (Phi) is 6.57. The Bertz CT molecular complexity index is 1290. The third-order valence-corrected chi connectivity index (χ3v) is 7.41. The minimum Gasteiger partial charge on any atom is -0.493 e. The maximum absolute atomic E-state index is 14.6. The zero-order valence-electron chi connectivity index (χ0n) is 19.2. The average molecular weight is 520 g/mol. The predicted molar refractivity (Wildman–Crippen MR) is 132 cm³/mol. The number of likely N-dealkylation sites (N-methyl/N-ethyl adjacent to an activating group) is 1. The second-order valence-corrected chi connectivity index (χ2v) is 9.44. The van der Waals surface area contributed by atoms with Crippen LogP contribution in [0.2, 0.25) is 10.0 Å². The summed E-state index contributed by atoms with van der Waals surface area (Å²) in [6.45, 7) is 2.03. The fraction of sp³-hybridized carbons (Fsp3) is 0.375. The van der Waals surface area contributed by atoms with Crippen molar-refractivity contribution in [2.45, 2.75) is 24.9 Å². The normalized spacial score (nSPS) is 20.3. The van der Waals surface area contributed by atoms with Crippen LogP contribution in [-0.2, 0) is 4.79 Å². The minimum absolute atomic E-state index is 0.00515. The average Bonchev–Trinajstić information content (AvgIpc) is 3.34. The van der Waals surface area contributed by atoms with Gasteiger partial charge in [0.2, 0.25) is 5.91 Å². The van der Waals surface area contributed by atoms with Crippen LogP contribution in [0.3, 0.4) is 0 Å². The molecule has 35 heavy (non-hydrogen) atoms. The first kappa shape index (κ1) is 23.8. The molecule has 2 aromatic carbocycles. The summed E-state index contributed by atoms with van der Waals surface area (Å²) in [4.78, 5) is 25.3. The Hall–Kier alpha value is -2.88. The molecule has 0 bridgehead atoms. The molecular formula is C24H24Cl2FN5O3. The summed E-state index contributed by atoms with van der Waals surface area (Å²) in [6, 6.07) is 6.39. The number of anilines is 2. The van der Waals surface area contributed by atoms with Crippen LogP contribution in [0.4, 0.5) is 15.9 Å². The molecular weight excluding hydrogens is 496 g/mol. The van der Waals surface area contributed by atoms with Crippen molar-refractivity contribution >= 4 is 51.5 Å². The maximum Gasteiger partial charge on any atom is 0.240 e. The van der Waals surface area contributed by atoms with Gasteiger partial charge in [0.1, 0.15) is 18.8 Å². The number of hydrogen-bond acceptors (Lipinski definition) is 7. The van der Waals surface area contributed by atoms with E-state index >= 15 is 0 Å². The zero-order chi connectivity index (χ0) is 24.7. The lowest BCUT2D eigenvalue weighted by atomic mass is 10.1. The van der Waals surface area contributed by atoms with E-state index in [1.165, 1.54) is 25.6 Å². The quantitative estimate of drug-likeness (QED) is 0.479. The van der Waals surface area contributed by atoms with Gasteiger partial charge in [0, 0.05) is 25.0 Å². The molecule has 3 aromatic rings. The SMILES string of the molecule is COc1cc2c(Nc3ccc(Cl)c(Cl)c3F)ncnc2cc1OC[C@@H]1CN2CCC[C@H]2C(=O)N1C. The van der Waals surface area contributed by atoms with Gasteiger partial charge >= 0.3 is 0 Å². The number of halogens is 3. The van der Waals surface area contributed by atoms with Gasteiger partial charge in [0.25, 0.3) is 0 Å². The van der Waals surface area contributed by atoms with Gasteiger partial charge in [-0.25, -0.2) is 14.4 Å². The largest absolute Gasteiger partial charge is 0.493 e. The van der Waals surface area contributed by atoms with Gasteiger partial charge in [0.05, 0.1) is 40.4 Å². The summed E-state index contributed by atoms with van der Waals surface area (Å²) in [7, 11) is 3.37. The van der Waals surface area contributed by atoms with Crippen molar-refractivity contribution in [3.8, 4) is 11.5 Å². The number of fused-ring (bicyclic) bond motifs is 2. The third kappa shape index (κ3) is 4.44. The number of amides is 1. The van der Waals surface area contributed by atoms with E-state index in [2.05, 4.69) is 20.2 Å². The molecule has 0 unspecified atom stereocenters. The van der Waals surface area contributed by atoms with Crippen LogP contribution in [0.15, 0.2) is 30.6 Å². The lowest BCUT2D eigenvalue weighted by Gasteiger charge is -2.40. The number of aromatic nitrogens is 2. The Balaban J connectivity index is 1.40. The molecule has 1 aromatic heterocycles. The molecule has 5 rings (SSSR count). The molecule has 2 atom stereocenters. The first-order chi connectivity index (χ1) is 16.9. The smallest absolute Gasteiger partial charge is 0.240 e. The molecule has 0 radical (unpaired) electrons. The van der Waals surface area contributed by atoms with Crippen molar-refractivity contribution in [2.75, 3.05) is 39.2 Å². The second-order valence-electron chi connectivity index (χ2n) is 8.66. The van der Waals surface area contributed by atoms with Gasteiger partial charge < -0.3 is 19.7 Å². The van der Waals surface area contributed by atoms with Gasteiger partial charge in [-0.05, 0) is 37.6 Å². The van der Waals surface area contributed by atoms with Crippen LogP contribution in [-0.4, -0.2) is 71.6 Å². The van der Waals surface area contributed by atoms with Crippen LogP contribution in [0.1, 0.15) is 12.8 Å². The van der Waals surface area contributed by atoms with Crippen molar-refractivity contribution in [2.24, 2.45) is 0 Å². The fourth-order valence-electron chi connectivity index (χ4n) is 4.67. The van der Waals surface area contributed by atoms with E-state index in [0.717, 1.165) is 25.9 Å². The Labute approximate surface area is 211 Å². The molecule has 8 nitrogen and oxygen atoms in total. The molecule has 11 heteroatoms. The minimum atomic E-state index is -0.677. The van der Waals surface area contributed by atoms with E-state index in [1.807, 2.05) is 7.05 Å². The van der Waals surface area contributed by atoms with E-state index in [9.17, 15) is 9.18 Å². The van der Waals surface area contributed by atoms with Crippen molar-refractivity contribution in [1.29, 1.82) is 0 Å². The van der Waals surface area contributed by atoms with Crippen molar-refractivity contribution in [3.63, 3.8) is 0 Å². The van der Waals surface area contributed by atoms with E-state index in [1.54, 1.807) is 17.0 Å². The third-order valence-electron chi connectivity index (χ3n) is 6.63. The van der Waals surface area contributed by atoms with Crippen LogP contribution in [0.5, 0.6) is 11.5 Å². The highest BCUT2D eigenvalue weighted by molar-refractivity contribution is 6.42. The Morgan fingerprint density at radius 2 is 2.06 bits per heavy atom. The molecule has 0 saturated carbocycles. The van der Waals surface area contributed by atoms with E-state index in [4.69, 9.17) is 32.7 Å². The van der Waals surface area contributed by atoms with Crippen molar-refractivity contribution in [3.05, 3.63) is 46.5 Å². The molecule has 2 fully saturated rings. The number of nitrogens with one attached hydrogen (secondary N) is 1. The summed E-state index contributed by atoms with van der Waals surface area (Å²) in [5.41, 5.74) is 0.704. The van der Waals surface area contributed by atoms with E-state index < -0.39 is 5.82 Å². The number of carbonyl (C=O) groups excluding carboxylic acids is 1. The van der Waals surface area contributed by atoms with Gasteiger partial charge in [-0.1, -0.05) is 23.2 Å². The molecule has 1 N–H and O–H groups in total. The predicted octanol–water partition coefficient (Wildman–Crippen LogP) is 4.51. The summed E-state index contributed by atoms with van der Waals surface area (Å²) in [6.07, 6.45) is 3.33. The molecule has 184 valence electrons. The number of rotatable bonds is 6. The van der Waals surface area contributed by atoms with E-state index in [-0.39, 0.29) is 33.7 Å². The van der Waals surface area contributed by atoms with Crippen molar-refractivity contribution in [1.82, 2.24) is 19.8 Å². The van der Waals surface area contributed by atoms with Gasteiger partial charge in [-0.3, -0.25) is 9.69 Å². The summed E-state index contributed by atoms with van der Waals surface area (Å²) >= 11 is 11.8. The topological polar surface area (TPSA) is 79.8 Å². The number of benzene rings is 2. The number of methoxy groups -OCH3 is 1. The number of nitrogens with zero attached hydrogens (tertiary/aromatic N) is 4. The molecule has 3 heterocycles.